The van der Waals surface area contributed by atoms with Gasteiger partial charge < -0.3 is 10.1 Å². The Morgan fingerprint density at radius 3 is 1.97 bits per heavy atom. The topological polar surface area (TPSA) is 151 Å². The van der Waals surface area contributed by atoms with E-state index in [2.05, 4.69) is 9.97 Å². The van der Waals surface area contributed by atoms with Gasteiger partial charge in [0.15, 0.2) is 5.78 Å². The molecule has 2 fully saturated rings. The first-order chi connectivity index (χ1) is 18.4. The number of fused-ring (bicyclic) bond motifs is 2. The number of carbonyl (C=O) groups excluding carboxylic acids is 2. The van der Waals surface area contributed by atoms with Crippen molar-refractivity contribution in [3.63, 3.8) is 0 Å². The third-order valence-corrected chi connectivity index (χ3v) is 7.13. The van der Waals surface area contributed by atoms with Crippen molar-refractivity contribution in [2.45, 2.75) is 83.5 Å². The molecule has 0 unspecified atom stereocenters. The summed E-state index contributed by atoms with van der Waals surface area (Å²) in [7, 11) is 0. The number of nitriles is 2. The summed E-state index contributed by atoms with van der Waals surface area (Å²) in [6, 6.07) is 7.48. The molecule has 0 aromatic carbocycles. The first-order valence-corrected chi connectivity index (χ1v) is 13.3. The first-order valence-electron chi connectivity index (χ1n) is 13.0. The average Bonchev–Trinajstić information content (AvgIpc) is 3.73. The number of aryl methyl sites for hydroxylation is 4. The van der Waals surface area contributed by atoms with Crippen LogP contribution in [0.4, 0.5) is 0 Å². The molecular formula is C29H30ClN4NaO4. The number of aromatic amines is 1. The fraction of sp³-hybridized carbons (Fsp3) is 0.448. The van der Waals surface area contributed by atoms with Crippen LogP contribution in [-0.2, 0) is 35.3 Å². The fourth-order valence-electron chi connectivity index (χ4n) is 4.75. The number of ketones is 2. The molecule has 2 aromatic rings. The number of hydrogen-bond donors (Lipinski definition) is 1. The number of rotatable bonds is 0. The minimum Gasteiger partial charge on any atom is -0.878 e. The van der Waals surface area contributed by atoms with Crippen molar-refractivity contribution in [2.75, 3.05) is 0 Å². The molecule has 39 heavy (non-hydrogen) atoms. The number of aromatic nitrogens is 2. The molecule has 1 N–H and O–H groups in total. The number of carbonyl (C=O) groups is 2. The van der Waals surface area contributed by atoms with E-state index in [1.54, 1.807) is 6.07 Å². The summed E-state index contributed by atoms with van der Waals surface area (Å²) in [5.41, 5.74) is 5.36. The quantitative estimate of drug-likeness (QED) is 0.219. The van der Waals surface area contributed by atoms with E-state index in [9.17, 15) is 19.5 Å². The maximum atomic E-state index is 11.1. The predicted octanol–water partition coefficient (Wildman–Crippen LogP) is 0.948. The zero-order valence-corrected chi connectivity index (χ0v) is 25.0. The Bertz CT molecular complexity index is 1360. The van der Waals surface area contributed by atoms with Gasteiger partial charge in [0.25, 0.3) is 5.56 Å². The summed E-state index contributed by atoms with van der Waals surface area (Å²) in [6.07, 6.45) is 13.0. The van der Waals surface area contributed by atoms with Crippen LogP contribution in [-0.4, -0.2) is 21.5 Å². The molecule has 0 amide bonds. The maximum absolute atomic E-state index is 11.1. The van der Waals surface area contributed by atoms with Crippen LogP contribution in [0.5, 0.6) is 0 Å². The molecule has 0 atom stereocenters. The average molecular weight is 557 g/mol. The minimum absolute atomic E-state index is 0. The van der Waals surface area contributed by atoms with Gasteiger partial charge in [0.2, 0.25) is 0 Å². The SMILES string of the molecule is N#Cc1cc2c([nH]c1=O)CCC2.N#Cc1cc2c(nc1Cl)CCC2.O=C1CCC/C1=C\[O-].O=C1CCCC1.[Na+]. The molecule has 10 heteroatoms. The normalized spacial score (nSPS) is 17.2. The minimum atomic E-state index is -0.252. The standard InChI is InChI=1S/C9H7ClN2.C9H8N2O.C6H8O2.C5H8O.Na/c10-9-7(5-11)4-6-2-1-3-8(6)12-9;10-5-7-4-6-2-1-3-8(6)11-9(7)12;7-4-5-2-1-3-6(5)8;6-5-3-1-2-4-5;/h4H,1-3H2;4H,1-3H2,(H,11,12);4,7H,1-3H2;1-4H2;/q;;;;+1/p-1/b;;5-4+;;. The van der Waals surface area contributed by atoms with E-state index in [1.807, 2.05) is 18.2 Å². The maximum Gasteiger partial charge on any atom is 1.00 e. The fourth-order valence-corrected chi connectivity index (χ4v) is 4.95. The molecule has 4 aliphatic rings. The van der Waals surface area contributed by atoms with Gasteiger partial charge in [0.05, 0.1) is 5.56 Å². The van der Waals surface area contributed by atoms with Gasteiger partial charge in [-0.2, -0.15) is 10.5 Å². The van der Waals surface area contributed by atoms with Gasteiger partial charge >= 0.3 is 29.6 Å². The van der Waals surface area contributed by atoms with Crippen molar-refractivity contribution in [1.82, 2.24) is 9.97 Å². The molecule has 6 rings (SSSR count). The summed E-state index contributed by atoms with van der Waals surface area (Å²) >= 11 is 5.77. The van der Waals surface area contributed by atoms with Crippen LogP contribution < -0.4 is 40.2 Å². The van der Waals surface area contributed by atoms with Crippen LogP contribution >= 0.6 is 11.6 Å². The number of nitrogens with zero attached hydrogens (tertiary/aromatic N) is 3. The molecule has 8 nitrogen and oxygen atoms in total. The monoisotopic (exact) mass is 556 g/mol. The van der Waals surface area contributed by atoms with Crippen molar-refractivity contribution in [3.05, 3.63) is 73.1 Å². The third-order valence-electron chi connectivity index (χ3n) is 6.84. The molecule has 198 valence electrons. The zero-order valence-electron chi connectivity index (χ0n) is 22.3. The number of allylic oxidation sites excluding steroid dienone is 1. The Balaban J connectivity index is 0.000000187. The number of halogens is 1. The first kappa shape index (κ1) is 32.5. The second-order valence-corrected chi connectivity index (χ2v) is 9.90. The number of hydrogen-bond acceptors (Lipinski definition) is 7. The van der Waals surface area contributed by atoms with E-state index >= 15 is 0 Å². The van der Waals surface area contributed by atoms with Crippen LogP contribution in [0, 0.1) is 22.7 Å². The van der Waals surface area contributed by atoms with Gasteiger partial charge in [-0.15, -0.1) is 6.26 Å². The van der Waals surface area contributed by atoms with E-state index in [4.69, 9.17) is 22.1 Å². The van der Waals surface area contributed by atoms with Gasteiger partial charge in [-0.1, -0.05) is 11.6 Å². The Kier molecular flexibility index (Phi) is 13.6. The van der Waals surface area contributed by atoms with Crippen molar-refractivity contribution in [1.29, 1.82) is 10.5 Å². The van der Waals surface area contributed by atoms with Crippen molar-refractivity contribution in [2.24, 2.45) is 0 Å². The smallest absolute Gasteiger partial charge is 0.878 e. The molecular weight excluding hydrogens is 527 g/mol. The van der Waals surface area contributed by atoms with Crippen molar-refractivity contribution >= 4 is 23.2 Å². The van der Waals surface area contributed by atoms with Gasteiger partial charge in [0, 0.05) is 30.7 Å². The summed E-state index contributed by atoms with van der Waals surface area (Å²) < 4.78 is 0. The second-order valence-electron chi connectivity index (χ2n) is 9.54. The Morgan fingerprint density at radius 2 is 1.44 bits per heavy atom. The van der Waals surface area contributed by atoms with Gasteiger partial charge in [-0.05, 0) is 93.0 Å². The van der Waals surface area contributed by atoms with E-state index in [1.165, 1.54) is 5.56 Å². The van der Waals surface area contributed by atoms with Crippen LogP contribution in [0.15, 0.2) is 28.8 Å². The summed E-state index contributed by atoms with van der Waals surface area (Å²) in [5, 5.41) is 27.6. The van der Waals surface area contributed by atoms with Gasteiger partial charge in [-0.25, -0.2) is 4.98 Å². The van der Waals surface area contributed by atoms with E-state index in [0.717, 1.165) is 87.6 Å². The summed E-state index contributed by atoms with van der Waals surface area (Å²) in [6.45, 7) is 0. The predicted molar refractivity (Wildman–Crippen MR) is 140 cm³/mol. The van der Waals surface area contributed by atoms with Gasteiger partial charge in [0.1, 0.15) is 28.6 Å². The Labute approximate surface area is 255 Å². The third kappa shape index (κ3) is 9.44. The van der Waals surface area contributed by atoms with E-state index in [-0.39, 0.29) is 46.5 Å². The van der Waals surface area contributed by atoms with Gasteiger partial charge in [-0.3, -0.25) is 14.4 Å². The largest absolute Gasteiger partial charge is 1.00 e. The van der Waals surface area contributed by atoms with Crippen molar-refractivity contribution in [3.8, 4) is 12.1 Å². The summed E-state index contributed by atoms with van der Waals surface area (Å²) in [5.74, 6) is 0.495. The Morgan fingerprint density at radius 1 is 0.821 bits per heavy atom. The Hall–Kier alpha value is -2.75. The van der Waals surface area contributed by atoms with E-state index < -0.39 is 0 Å². The molecule has 2 heterocycles. The zero-order chi connectivity index (χ0) is 27.5. The van der Waals surface area contributed by atoms with Crippen LogP contribution in [0.1, 0.15) is 91.4 Å². The molecule has 4 aliphatic carbocycles. The number of nitrogens with one attached hydrogen (secondary N) is 1. The van der Waals surface area contributed by atoms with E-state index in [0.29, 0.717) is 41.2 Å². The molecule has 2 aromatic heterocycles. The van der Waals surface area contributed by atoms with Crippen LogP contribution in [0.25, 0.3) is 0 Å². The molecule has 0 spiro atoms. The number of H-pyrrole nitrogens is 1. The van der Waals surface area contributed by atoms with Crippen LogP contribution in [0.3, 0.4) is 0 Å². The number of Topliss-reactive ketones (excluding diaryl/α,β-unsaturated/α-hetero) is 2. The molecule has 0 bridgehead atoms. The molecule has 0 aliphatic heterocycles. The molecule has 2 saturated carbocycles. The van der Waals surface area contributed by atoms with Crippen molar-refractivity contribution < 1.29 is 44.3 Å². The molecule has 0 radical (unpaired) electrons. The van der Waals surface area contributed by atoms with Crippen LogP contribution in [0.2, 0.25) is 5.15 Å². The summed E-state index contributed by atoms with van der Waals surface area (Å²) in [4.78, 5) is 38.8. The molecule has 0 saturated heterocycles. The second kappa shape index (κ2) is 16.4. The number of pyridine rings is 2.